The summed E-state index contributed by atoms with van der Waals surface area (Å²) in [5.41, 5.74) is 4.38. The van der Waals surface area contributed by atoms with Gasteiger partial charge in [0, 0.05) is 30.0 Å². The molecule has 3 aromatic rings. The van der Waals surface area contributed by atoms with Gasteiger partial charge in [0.15, 0.2) is 0 Å². The molecule has 0 atom stereocenters. The van der Waals surface area contributed by atoms with E-state index in [9.17, 15) is 4.79 Å². The lowest BCUT2D eigenvalue weighted by atomic mass is 10.1. The maximum Gasteiger partial charge on any atom is 0.255 e. The van der Waals surface area contributed by atoms with Crippen molar-refractivity contribution in [2.75, 3.05) is 23.3 Å². The number of rotatable bonds is 3. The van der Waals surface area contributed by atoms with Gasteiger partial charge in [0.2, 0.25) is 0 Å². The smallest absolute Gasteiger partial charge is 0.255 e. The molecule has 1 amide bonds. The Hall–Kier alpha value is -2.82. The number of nitrogens with zero attached hydrogens (tertiary/aromatic N) is 2. The second kappa shape index (κ2) is 6.35. The largest absolute Gasteiger partial charge is 0.372 e. The minimum atomic E-state index is -0.114. The van der Waals surface area contributed by atoms with Crippen molar-refractivity contribution in [2.24, 2.45) is 0 Å². The van der Waals surface area contributed by atoms with E-state index in [0.717, 1.165) is 29.8 Å². The number of amides is 1. The van der Waals surface area contributed by atoms with Gasteiger partial charge >= 0.3 is 0 Å². The molecule has 2 aromatic carbocycles. The van der Waals surface area contributed by atoms with E-state index in [2.05, 4.69) is 32.3 Å². The van der Waals surface area contributed by atoms with Crippen LogP contribution in [-0.4, -0.2) is 29.0 Å². The SMILES string of the molecule is O=C(Nc1ccc(N2CCCCC2)cc1)c1ccc2nc[nH]c2c1. The highest BCUT2D eigenvalue weighted by Gasteiger charge is 2.11. The molecule has 1 aromatic heterocycles. The molecule has 2 heterocycles. The van der Waals surface area contributed by atoms with Gasteiger partial charge in [0.05, 0.1) is 17.4 Å². The summed E-state index contributed by atoms with van der Waals surface area (Å²) < 4.78 is 0. The number of hydrogen-bond acceptors (Lipinski definition) is 3. The highest BCUT2D eigenvalue weighted by atomic mass is 16.1. The van der Waals surface area contributed by atoms with Crippen molar-refractivity contribution in [3.8, 4) is 0 Å². The Kier molecular flexibility index (Phi) is 3.91. The molecule has 4 rings (SSSR count). The summed E-state index contributed by atoms with van der Waals surface area (Å²) in [6.45, 7) is 2.24. The van der Waals surface area contributed by atoms with Crippen LogP contribution in [0, 0.1) is 0 Å². The first-order valence-electron chi connectivity index (χ1n) is 8.39. The van der Waals surface area contributed by atoms with Gasteiger partial charge in [-0.3, -0.25) is 4.79 Å². The van der Waals surface area contributed by atoms with Gasteiger partial charge in [-0.15, -0.1) is 0 Å². The van der Waals surface area contributed by atoms with E-state index in [4.69, 9.17) is 0 Å². The number of benzene rings is 2. The Bertz CT molecular complexity index is 847. The molecule has 1 aliphatic rings. The van der Waals surface area contributed by atoms with Crippen LogP contribution in [-0.2, 0) is 0 Å². The molecule has 24 heavy (non-hydrogen) atoms. The lowest BCUT2D eigenvalue weighted by Crippen LogP contribution is -2.29. The van der Waals surface area contributed by atoms with Gasteiger partial charge in [0.1, 0.15) is 0 Å². The van der Waals surface area contributed by atoms with Gasteiger partial charge in [-0.2, -0.15) is 0 Å². The predicted molar refractivity (Wildman–Crippen MR) is 96.6 cm³/mol. The fraction of sp³-hybridized carbons (Fsp3) is 0.263. The molecule has 5 nitrogen and oxygen atoms in total. The number of aromatic amines is 1. The second-order valence-electron chi connectivity index (χ2n) is 6.18. The fourth-order valence-corrected chi connectivity index (χ4v) is 3.19. The quantitative estimate of drug-likeness (QED) is 0.771. The van der Waals surface area contributed by atoms with Crippen molar-refractivity contribution in [1.29, 1.82) is 0 Å². The van der Waals surface area contributed by atoms with Crippen LogP contribution in [0.3, 0.4) is 0 Å². The third kappa shape index (κ3) is 2.97. The molecule has 122 valence electrons. The van der Waals surface area contributed by atoms with E-state index < -0.39 is 0 Å². The van der Waals surface area contributed by atoms with Gasteiger partial charge in [-0.25, -0.2) is 4.98 Å². The maximum absolute atomic E-state index is 12.4. The average molecular weight is 320 g/mol. The first kappa shape index (κ1) is 14.8. The highest BCUT2D eigenvalue weighted by molar-refractivity contribution is 6.05. The van der Waals surface area contributed by atoms with E-state index >= 15 is 0 Å². The van der Waals surface area contributed by atoms with E-state index in [1.165, 1.54) is 24.9 Å². The normalized spacial score (nSPS) is 14.8. The number of piperidine rings is 1. The first-order chi connectivity index (χ1) is 11.8. The molecule has 1 saturated heterocycles. The van der Waals surface area contributed by atoms with Gasteiger partial charge in [0.25, 0.3) is 5.91 Å². The summed E-state index contributed by atoms with van der Waals surface area (Å²) in [4.78, 5) is 22.0. The monoisotopic (exact) mass is 320 g/mol. The third-order valence-electron chi connectivity index (χ3n) is 4.53. The molecule has 0 unspecified atom stereocenters. The summed E-state index contributed by atoms with van der Waals surface area (Å²) in [7, 11) is 0. The minimum absolute atomic E-state index is 0.114. The Morgan fingerprint density at radius 1 is 1.04 bits per heavy atom. The number of anilines is 2. The van der Waals surface area contributed by atoms with Crippen LogP contribution < -0.4 is 10.2 Å². The first-order valence-corrected chi connectivity index (χ1v) is 8.39. The molecule has 0 aliphatic carbocycles. The van der Waals surface area contributed by atoms with Crippen LogP contribution in [0.25, 0.3) is 11.0 Å². The summed E-state index contributed by atoms with van der Waals surface area (Å²) in [5, 5.41) is 2.95. The number of fused-ring (bicyclic) bond motifs is 1. The van der Waals surface area contributed by atoms with Crippen LogP contribution in [0.4, 0.5) is 11.4 Å². The summed E-state index contributed by atoms with van der Waals surface area (Å²) in [6.07, 6.45) is 5.47. The predicted octanol–water partition coefficient (Wildman–Crippen LogP) is 3.81. The second-order valence-corrected chi connectivity index (χ2v) is 6.18. The molecule has 0 bridgehead atoms. The van der Waals surface area contributed by atoms with Gasteiger partial charge in [-0.1, -0.05) is 0 Å². The highest BCUT2D eigenvalue weighted by Crippen LogP contribution is 2.22. The zero-order valence-corrected chi connectivity index (χ0v) is 13.5. The Balaban J connectivity index is 1.46. The van der Waals surface area contributed by atoms with Gasteiger partial charge < -0.3 is 15.2 Å². The standard InChI is InChI=1S/C19H20N4O/c24-19(14-4-9-17-18(12-14)21-13-20-17)22-15-5-7-16(8-6-15)23-10-2-1-3-11-23/h4-9,12-13H,1-3,10-11H2,(H,20,21)(H,22,24). The maximum atomic E-state index is 12.4. The lowest BCUT2D eigenvalue weighted by molar-refractivity contribution is 0.102. The summed E-state index contributed by atoms with van der Waals surface area (Å²) in [6, 6.07) is 13.6. The molecular formula is C19H20N4O. The van der Waals surface area contributed by atoms with Crippen LogP contribution >= 0.6 is 0 Å². The number of carbonyl (C=O) groups is 1. The lowest BCUT2D eigenvalue weighted by Gasteiger charge is -2.28. The van der Waals surface area contributed by atoms with E-state index in [1.807, 2.05) is 24.3 Å². The van der Waals surface area contributed by atoms with E-state index in [-0.39, 0.29) is 5.91 Å². The number of carbonyl (C=O) groups excluding carboxylic acids is 1. The van der Waals surface area contributed by atoms with Crippen molar-refractivity contribution in [1.82, 2.24) is 9.97 Å². The van der Waals surface area contributed by atoms with Crippen LogP contribution in [0.5, 0.6) is 0 Å². The molecular weight excluding hydrogens is 300 g/mol. The Morgan fingerprint density at radius 2 is 1.83 bits per heavy atom. The minimum Gasteiger partial charge on any atom is -0.372 e. The van der Waals surface area contributed by atoms with Crippen LogP contribution in [0.1, 0.15) is 29.6 Å². The molecule has 2 N–H and O–H groups in total. The molecule has 0 spiro atoms. The fourth-order valence-electron chi connectivity index (χ4n) is 3.19. The molecule has 5 heteroatoms. The number of aromatic nitrogens is 2. The average Bonchev–Trinajstić information content (AvgIpc) is 3.11. The number of nitrogens with one attached hydrogen (secondary N) is 2. The summed E-state index contributed by atoms with van der Waals surface area (Å²) >= 11 is 0. The zero-order valence-electron chi connectivity index (χ0n) is 13.5. The summed E-state index contributed by atoms with van der Waals surface area (Å²) in [5.74, 6) is -0.114. The van der Waals surface area contributed by atoms with Crippen molar-refractivity contribution in [3.05, 3.63) is 54.4 Å². The zero-order chi connectivity index (χ0) is 16.4. The molecule has 1 fully saturated rings. The van der Waals surface area contributed by atoms with Crippen molar-refractivity contribution >= 4 is 28.3 Å². The van der Waals surface area contributed by atoms with Gasteiger partial charge in [-0.05, 0) is 61.7 Å². The Labute approximate surface area is 140 Å². The van der Waals surface area contributed by atoms with E-state index in [0.29, 0.717) is 5.56 Å². The Morgan fingerprint density at radius 3 is 2.62 bits per heavy atom. The van der Waals surface area contributed by atoms with Crippen molar-refractivity contribution in [3.63, 3.8) is 0 Å². The topological polar surface area (TPSA) is 61.0 Å². The van der Waals surface area contributed by atoms with Crippen LogP contribution in [0.2, 0.25) is 0 Å². The molecule has 0 radical (unpaired) electrons. The van der Waals surface area contributed by atoms with Crippen LogP contribution in [0.15, 0.2) is 48.8 Å². The third-order valence-corrected chi connectivity index (χ3v) is 4.53. The molecule has 0 saturated carbocycles. The van der Waals surface area contributed by atoms with Crippen molar-refractivity contribution in [2.45, 2.75) is 19.3 Å². The number of H-pyrrole nitrogens is 1. The number of imidazole rings is 1. The molecule has 1 aliphatic heterocycles. The number of hydrogen-bond donors (Lipinski definition) is 2. The van der Waals surface area contributed by atoms with Crippen molar-refractivity contribution < 1.29 is 4.79 Å². The van der Waals surface area contributed by atoms with E-state index in [1.54, 1.807) is 12.4 Å².